The van der Waals surface area contributed by atoms with Crippen LogP contribution in [0.2, 0.25) is 0 Å². The lowest BCUT2D eigenvalue weighted by Crippen LogP contribution is -2.59. The predicted octanol–water partition coefficient (Wildman–Crippen LogP) is 1.01. The van der Waals surface area contributed by atoms with Gasteiger partial charge in [0.05, 0.1) is 0 Å². The van der Waals surface area contributed by atoms with E-state index in [4.69, 9.17) is 0 Å². The first-order chi connectivity index (χ1) is 12.5. The van der Waals surface area contributed by atoms with Crippen molar-refractivity contribution in [3.63, 3.8) is 0 Å². The van der Waals surface area contributed by atoms with Crippen LogP contribution in [0.3, 0.4) is 0 Å². The van der Waals surface area contributed by atoms with Crippen LogP contribution in [0.5, 0.6) is 0 Å². The van der Waals surface area contributed by atoms with Crippen molar-refractivity contribution in [3.05, 3.63) is 35.9 Å². The lowest BCUT2D eigenvalue weighted by molar-refractivity contribution is -0.138. The Hall–Kier alpha value is -2.12. The molecule has 7 nitrogen and oxygen atoms in total. The van der Waals surface area contributed by atoms with Gasteiger partial charge in [0.15, 0.2) is 0 Å². The molecule has 0 saturated carbocycles. The van der Waals surface area contributed by atoms with Gasteiger partial charge < -0.3 is 14.9 Å². The Morgan fingerprint density at radius 2 is 1.73 bits per heavy atom. The van der Waals surface area contributed by atoms with E-state index in [1.54, 1.807) is 0 Å². The quantitative estimate of drug-likeness (QED) is 0.872. The van der Waals surface area contributed by atoms with Crippen LogP contribution >= 0.6 is 0 Å². The molecule has 1 atom stereocenters. The summed E-state index contributed by atoms with van der Waals surface area (Å²) < 4.78 is 0. The Morgan fingerprint density at radius 1 is 1.00 bits per heavy atom. The maximum Gasteiger partial charge on any atom is 0.407 e. The molecule has 1 N–H and O–H groups in total. The second-order valence-corrected chi connectivity index (χ2v) is 7.17. The molecule has 1 unspecified atom stereocenters. The molecule has 0 spiro atoms. The Kier molecular flexibility index (Phi) is 6.11. The zero-order valence-corrected chi connectivity index (χ0v) is 15.4. The van der Waals surface area contributed by atoms with E-state index in [-0.39, 0.29) is 18.5 Å². The van der Waals surface area contributed by atoms with E-state index in [9.17, 15) is 14.7 Å². The van der Waals surface area contributed by atoms with Crippen molar-refractivity contribution in [2.45, 2.75) is 19.0 Å². The average molecular weight is 360 g/mol. The molecular weight excluding hydrogens is 332 g/mol. The van der Waals surface area contributed by atoms with Crippen molar-refractivity contribution in [1.82, 2.24) is 19.6 Å². The minimum absolute atomic E-state index is 0.0556. The Labute approximate surface area is 154 Å². The molecule has 2 aliphatic rings. The van der Waals surface area contributed by atoms with E-state index in [0.29, 0.717) is 19.6 Å². The van der Waals surface area contributed by atoms with Gasteiger partial charge in [-0.25, -0.2) is 4.79 Å². The summed E-state index contributed by atoms with van der Waals surface area (Å²) in [7, 11) is 1.90. The van der Waals surface area contributed by atoms with Crippen molar-refractivity contribution < 1.29 is 14.7 Å². The van der Waals surface area contributed by atoms with Crippen LogP contribution in [0.25, 0.3) is 0 Å². The van der Waals surface area contributed by atoms with Crippen molar-refractivity contribution >= 4 is 12.0 Å². The molecule has 2 saturated heterocycles. The van der Waals surface area contributed by atoms with E-state index in [0.717, 1.165) is 32.6 Å². The third-order valence-corrected chi connectivity index (χ3v) is 5.35. The fraction of sp³-hybridized carbons (Fsp3) is 0.579. The van der Waals surface area contributed by atoms with Gasteiger partial charge in [0.2, 0.25) is 5.91 Å². The van der Waals surface area contributed by atoms with E-state index in [2.05, 4.69) is 29.2 Å². The minimum atomic E-state index is -0.944. The molecule has 1 aromatic rings. The number of piperazine rings is 1. The summed E-state index contributed by atoms with van der Waals surface area (Å²) in [5, 5.41) is 9.23. The number of likely N-dealkylation sites (N-methyl/N-ethyl adjacent to an activating group) is 1. The third-order valence-electron chi connectivity index (χ3n) is 5.35. The summed E-state index contributed by atoms with van der Waals surface area (Å²) in [6.45, 7) is 5.47. The van der Waals surface area contributed by atoms with Crippen LogP contribution in [0.1, 0.15) is 12.0 Å². The number of hydrogen-bond acceptors (Lipinski definition) is 4. The number of benzene rings is 1. The molecule has 2 fully saturated rings. The van der Waals surface area contributed by atoms with Crippen molar-refractivity contribution in [2.24, 2.45) is 0 Å². The monoisotopic (exact) mass is 360 g/mol. The van der Waals surface area contributed by atoms with Gasteiger partial charge in [0, 0.05) is 52.4 Å². The summed E-state index contributed by atoms with van der Waals surface area (Å²) in [6.07, 6.45) is -0.00159. The highest BCUT2D eigenvalue weighted by molar-refractivity contribution is 5.83. The summed E-state index contributed by atoms with van der Waals surface area (Å²) >= 11 is 0. The van der Waals surface area contributed by atoms with Crippen molar-refractivity contribution in [1.29, 1.82) is 0 Å². The van der Waals surface area contributed by atoms with E-state index < -0.39 is 6.09 Å². The number of hydrogen-bond donors (Lipinski definition) is 1. The number of carbonyl (C=O) groups excluding carboxylic acids is 1. The standard InChI is InChI=1S/C19H28N4O3/c1-20-10-12-23(19(25)26)15-17(20)18(24)22-9-5-8-21(11-13-22)14-16-6-3-2-4-7-16/h2-4,6-7,17H,5,8-15H2,1H3,(H,25,26). The summed E-state index contributed by atoms with van der Waals surface area (Å²) in [4.78, 5) is 31.9. The van der Waals surface area contributed by atoms with Crippen LogP contribution < -0.4 is 0 Å². The van der Waals surface area contributed by atoms with Crippen LogP contribution in [-0.4, -0.2) is 95.6 Å². The van der Waals surface area contributed by atoms with Crippen molar-refractivity contribution in [3.8, 4) is 0 Å². The van der Waals surface area contributed by atoms with Crippen LogP contribution in [0.15, 0.2) is 30.3 Å². The Bertz CT molecular complexity index is 624. The number of rotatable bonds is 3. The van der Waals surface area contributed by atoms with E-state index in [1.807, 2.05) is 22.9 Å². The lowest BCUT2D eigenvalue weighted by Gasteiger charge is -2.39. The molecule has 0 bridgehead atoms. The highest BCUT2D eigenvalue weighted by atomic mass is 16.4. The molecule has 3 rings (SSSR count). The molecule has 142 valence electrons. The zero-order valence-electron chi connectivity index (χ0n) is 15.4. The molecule has 2 heterocycles. The lowest BCUT2D eigenvalue weighted by atomic mass is 10.1. The fourth-order valence-electron chi connectivity index (χ4n) is 3.72. The smallest absolute Gasteiger partial charge is 0.407 e. The predicted molar refractivity (Wildman–Crippen MR) is 98.9 cm³/mol. The molecule has 26 heavy (non-hydrogen) atoms. The maximum atomic E-state index is 13.0. The number of amides is 2. The molecule has 2 amide bonds. The minimum Gasteiger partial charge on any atom is -0.465 e. The molecule has 0 radical (unpaired) electrons. The number of carbonyl (C=O) groups is 2. The molecular formula is C19H28N4O3. The average Bonchev–Trinajstić information content (AvgIpc) is 2.88. The highest BCUT2D eigenvalue weighted by Gasteiger charge is 2.35. The molecule has 7 heteroatoms. The molecule has 0 aromatic heterocycles. The van der Waals surface area contributed by atoms with Crippen LogP contribution in [0.4, 0.5) is 4.79 Å². The van der Waals surface area contributed by atoms with Gasteiger partial charge >= 0.3 is 6.09 Å². The molecule has 2 aliphatic heterocycles. The van der Waals surface area contributed by atoms with E-state index >= 15 is 0 Å². The SMILES string of the molecule is CN1CCN(C(=O)O)CC1C(=O)N1CCCN(Cc2ccccc2)CC1. The second kappa shape index (κ2) is 8.51. The Balaban J connectivity index is 1.57. The van der Waals surface area contributed by atoms with Gasteiger partial charge in [-0.3, -0.25) is 14.6 Å². The summed E-state index contributed by atoms with van der Waals surface area (Å²) in [5.74, 6) is 0.0556. The highest BCUT2D eigenvalue weighted by Crippen LogP contribution is 2.14. The topological polar surface area (TPSA) is 67.3 Å². The van der Waals surface area contributed by atoms with Gasteiger partial charge in [0.1, 0.15) is 6.04 Å². The second-order valence-electron chi connectivity index (χ2n) is 7.17. The zero-order chi connectivity index (χ0) is 18.5. The number of nitrogens with zero attached hydrogens (tertiary/aromatic N) is 4. The fourth-order valence-corrected chi connectivity index (χ4v) is 3.72. The van der Waals surface area contributed by atoms with Crippen molar-refractivity contribution in [2.75, 3.05) is 52.9 Å². The maximum absolute atomic E-state index is 13.0. The first-order valence-electron chi connectivity index (χ1n) is 9.28. The number of carboxylic acid groups (broad SMARTS) is 1. The third kappa shape index (κ3) is 4.53. The summed E-state index contributed by atoms with van der Waals surface area (Å²) in [5.41, 5.74) is 1.29. The van der Waals surface area contributed by atoms with Gasteiger partial charge in [0.25, 0.3) is 0 Å². The van der Waals surface area contributed by atoms with Crippen LogP contribution in [0, 0.1) is 0 Å². The van der Waals surface area contributed by atoms with Gasteiger partial charge in [-0.15, -0.1) is 0 Å². The molecule has 1 aromatic carbocycles. The van der Waals surface area contributed by atoms with Gasteiger partial charge in [-0.2, -0.15) is 0 Å². The van der Waals surface area contributed by atoms with Gasteiger partial charge in [-0.1, -0.05) is 30.3 Å². The Morgan fingerprint density at radius 3 is 2.46 bits per heavy atom. The summed E-state index contributed by atoms with van der Waals surface area (Å²) in [6, 6.07) is 10.0. The largest absolute Gasteiger partial charge is 0.465 e. The normalized spacial score (nSPS) is 22.9. The first-order valence-corrected chi connectivity index (χ1v) is 9.28. The van der Waals surface area contributed by atoms with E-state index in [1.165, 1.54) is 10.5 Å². The first kappa shape index (κ1) is 18.7. The molecule has 0 aliphatic carbocycles. The van der Waals surface area contributed by atoms with Crippen LogP contribution in [-0.2, 0) is 11.3 Å². The van der Waals surface area contributed by atoms with Gasteiger partial charge in [-0.05, 0) is 19.0 Å².